The van der Waals surface area contributed by atoms with Crippen LogP contribution in [-0.2, 0) is 6.42 Å². The van der Waals surface area contributed by atoms with Crippen molar-refractivity contribution in [2.75, 3.05) is 19.8 Å². The van der Waals surface area contributed by atoms with Gasteiger partial charge in [0.2, 0.25) is 0 Å². The van der Waals surface area contributed by atoms with Gasteiger partial charge in [0.1, 0.15) is 11.5 Å². The van der Waals surface area contributed by atoms with Gasteiger partial charge in [-0.1, -0.05) is 0 Å². The molecular weight excluding hydrogens is 282 g/mol. The Morgan fingerprint density at radius 2 is 1.71 bits per heavy atom. The molecular formula is C13H20BrNO2. The van der Waals surface area contributed by atoms with Crippen LogP contribution in [0, 0.1) is 0 Å². The van der Waals surface area contributed by atoms with Gasteiger partial charge in [0, 0.05) is 5.56 Å². The zero-order valence-electron chi connectivity index (χ0n) is 10.5. The Bertz CT molecular complexity index is 356. The van der Waals surface area contributed by atoms with Crippen molar-refractivity contribution in [3.8, 4) is 11.5 Å². The summed E-state index contributed by atoms with van der Waals surface area (Å²) in [5.74, 6) is 1.78. The van der Waals surface area contributed by atoms with Crippen LogP contribution in [0.3, 0.4) is 0 Å². The average molecular weight is 302 g/mol. The molecule has 0 aliphatic rings. The van der Waals surface area contributed by atoms with Gasteiger partial charge in [-0.05, 0) is 61.3 Å². The fraction of sp³-hybridized carbons (Fsp3) is 0.538. The highest BCUT2D eigenvalue weighted by atomic mass is 79.9. The SMILES string of the molecule is CCOc1ccc(OCC)c(CCCN)c1Br. The molecule has 0 aliphatic carbocycles. The van der Waals surface area contributed by atoms with Crippen LogP contribution in [0.4, 0.5) is 0 Å². The first-order valence-corrected chi connectivity index (χ1v) is 6.80. The Kier molecular flexibility index (Phi) is 6.37. The second-order valence-electron chi connectivity index (χ2n) is 3.61. The van der Waals surface area contributed by atoms with Crippen LogP contribution < -0.4 is 15.2 Å². The van der Waals surface area contributed by atoms with Crippen LogP contribution in [0.5, 0.6) is 11.5 Å². The maximum absolute atomic E-state index is 5.62. The predicted molar refractivity (Wildman–Crippen MR) is 73.9 cm³/mol. The summed E-state index contributed by atoms with van der Waals surface area (Å²) in [4.78, 5) is 0. The summed E-state index contributed by atoms with van der Waals surface area (Å²) < 4.78 is 12.2. The molecule has 0 unspecified atom stereocenters. The van der Waals surface area contributed by atoms with Crippen LogP contribution in [0.1, 0.15) is 25.8 Å². The number of benzene rings is 1. The Morgan fingerprint density at radius 1 is 1.12 bits per heavy atom. The molecule has 0 aliphatic heterocycles. The van der Waals surface area contributed by atoms with E-state index in [1.807, 2.05) is 26.0 Å². The summed E-state index contributed by atoms with van der Waals surface area (Å²) in [6.45, 7) is 5.95. The van der Waals surface area contributed by atoms with Crippen LogP contribution in [-0.4, -0.2) is 19.8 Å². The number of halogens is 1. The van der Waals surface area contributed by atoms with Crippen LogP contribution >= 0.6 is 15.9 Å². The summed E-state index contributed by atoms with van der Waals surface area (Å²) in [6.07, 6.45) is 1.83. The van der Waals surface area contributed by atoms with Crippen LogP contribution in [0.25, 0.3) is 0 Å². The highest BCUT2D eigenvalue weighted by Gasteiger charge is 2.12. The van der Waals surface area contributed by atoms with Crippen molar-refractivity contribution in [2.24, 2.45) is 5.73 Å². The van der Waals surface area contributed by atoms with Crippen molar-refractivity contribution in [3.05, 3.63) is 22.2 Å². The smallest absolute Gasteiger partial charge is 0.134 e. The molecule has 1 rings (SSSR count). The Labute approximate surface area is 111 Å². The standard InChI is InChI=1S/C13H20BrNO2/c1-3-16-11-7-8-12(17-4-2)13(14)10(11)6-5-9-15/h7-8H,3-6,9,15H2,1-2H3. The molecule has 0 aromatic heterocycles. The molecule has 17 heavy (non-hydrogen) atoms. The van der Waals surface area contributed by atoms with Gasteiger partial charge in [-0.2, -0.15) is 0 Å². The molecule has 0 saturated heterocycles. The topological polar surface area (TPSA) is 44.5 Å². The molecule has 1 aromatic rings. The minimum atomic E-state index is 0.656. The molecule has 0 atom stereocenters. The van der Waals surface area contributed by atoms with E-state index >= 15 is 0 Å². The molecule has 0 fully saturated rings. The number of ether oxygens (including phenoxy) is 2. The molecule has 0 heterocycles. The molecule has 0 bridgehead atoms. The normalized spacial score (nSPS) is 10.4. The number of nitrogens with two attached hydrogens (primary N) is 1. The summed E-state index contributed by atoms with van der Waals surface area (Å²) in [7, 11) is 0. The van der Waals surface area contributed by atoms with Crippen LogP contribution in [0.2, 0.25) is 0 Å². The van der Waals surface area contributed by atoms with Crippen molar-refractivity contribution < 1.29 is 9.47 Å². The zero-order chi connectivity index (χ0) is 12.7. The van der Waals surface area contributed by atoms with Gasteiger partial charge in [0.25, 0.3) is 0 Å². The minimum Gasteiger partial charge on any atom is -0.494 e. The van der Waals surface area contributed by atoms with E-state index in [-0.39, 0.29) is 0 Å². The molecule has 0 amide bonds. The van der Waals surface area contributed by atoms with E-state index in [9.17, 15) is 0 Å². The summed E-state index contributed by atoms with van der Waals surface area (Å²) in [5, 5.41) is 0. The van der Waals surface area contributed by atoms with E-state index in [4.69, 9.17) is 15.2 Å². The van der Waals surface area contributed by atoms with Crippen molar-refractivity contribution in [1.29, 1.82) is 0 Å². The summed E-state index contributed by atoms with van der Waals surface area (Å²) in [6, 6.07) is 3.90. The molecule has 2 N–H and O–H groups in total. The monoisotopic (exact) mass is 301 g/mol. The predicted octanol–water partition coefficient (Wildman–Crippen LogP) is 3.14. The van der Waals surface area contributed by atoms with E-state index in [1.54, 1.807) is 0 Å². The van der Waals surface area contributed by atoms with Crippen molar-refractivity contribution >= 4 is 15.9 Å². The molecule has 3 nitrogen and oxygen atoms in total. The lowest BCUT2D eigenvalue weighted by molar-refractivity contribution is 0.325. The van der Waals surface area contributed by atoms with Gasteiger partial charge in [0.05, 0.1) is 17.7 Å². The quantitative estimate of drug-likeness (QED) is 0.841. The maximum atomic E-state index is 5.62. The van der Waals surface area contributed by atoms with E-state index in [1.165, 1.54) is 0 Å². The van der Waals surface area contributed by atoms with Gasteiger partial charge < -0.3 is 15.2 Å². The largest absolute Gasteiger partial charge is 0.494 e. The molecule has 0 radical (unpaired) electrons. The first-order valence-electron chi connectivity index (χ1n) is 6.01. The minimum absolute atomic E-state index is 0.656. The van der Waals surface area contributed by atoms with E-state index < -0.39 is 0 Å². The van der Waals surface area contributed by atoms with Gasteiger partial charge in [0.15, 0.2) is 0 Å². The lowest BCUT2D eigenvalue weighted by Gasteiger charge is -2.15. The number of rotatable bonds is 7. The third kappa shape index (κ3) is 3.89. The number of hydrogen-bond acceptors (Lipinski definition) is 3. The maximum Gasteiger partial charge on any atom is 0.134 e. The molecule has 1 aromatic carbocycles. The fourth-order valence-electron chi connectivity index (χ4n) is 1.65. The molecule has 0 spiro atoms. The first-order chi connectivity index (χ1) is 8.24. The van der Waals surface area contributed by atoms with Gasteiger partial charge in [-0.15, -0.1) is 0 Å². The fourth-order valence-corrected chi connectivity index (χ4v) is 2.29. The highest BCUT2D eigenvalue weighted by Crippen LogP contribution is 2.36. The molecule has 4 heteroatoms. The molecule has 0 saturated carbocycles. The summed E-state index contributed by atoms with van der Waals surface area (Å²) in [5.41, 5.74) is 6.70. The average Bonchev–Trinajstić information content (AvgIpc) is 2.33. The lowest BCUT2D eigenvalue weighted by Crippen LogP contribution is -2.04. The van der Waals surface area contributed by atoms with Gasteiger partial charge in [-0.25, -0.2) is 0 Å². The Morgan fingerprint density at radius 3 is 2.29 bits per heavy atom. The Hall–Kier alpha value is -0.740. The number of hydrogen-bond donors (Lipinski definition) is 1. The van der Waals surface area contributed by atoms with E-state index in [0.29, 0.717) is 19.8 Å². The van der Waals surface area contributed by atoms with Gasteiger partial charge >= 0.3 is 0 Å². The second-order valence-corrected chi connectivity index (χ2v) is 4.41. The van der Waals surface area contributed by atoms with E-state index in [0.717, 1.165) is 34.4 Å². The third-order valence-electron chi connectivity index (χ3n) is 2.40. The summed E-state index contributed by atoms with van der Waals surface area (Å²) >= 11 is 3.59. The van der Waals surface area contributed by atoms with E-state index in [2.05, 4.69) is 15.9 Å². The molecule has 96 valence electrons. The van der Waals surface area contributed by atoms with Gasteiger partial charge in [-0.3, -0.25) is 0 Å². The Balaban J connectivity index is 3.02. The highest BCUT2D eigenvalue weighted by molar-refractivity contribution is 9.10. The third-order valence-corrected chi connectivity index (χ3v) is 3.26. The first kappa shape index (κ1) is 14.3. The van der Waals surface area contributed by atoms with Crippen LogP contribution in [0.15, 0.2) is 16.6 Å². The second kappa shape index (κ2) is 7.56. The zero-order valence-corrected chi connectivity index (χ0v) is 12.0. The van der Waals surface area contributed by atoms with Crippen molar-refractivity contribution in [2.45, 2.75) is 26.7 Å². The lowest BCUT2D eigenvalue weighted by atomic mass is 10.1. The van der Waals surface area contributed by atoms with Crippen molar-refractivity contribution in [3.63, 3.8) is 0 Å². The van der Waals surface area contributed by atoms with Crippen molar-refractivity contribution in [1.82, 2.24) is 0 Å².